The van der Waals surface area contributed by atoms with Gasteiger partial charge in [-0.1, -0.05) is 13.8 Å². The average molecular weight is 273 g/mol. The lowest BCUT2D eigenvalue weighted by molar-refractivity contribution is 0.459. The van der Waals surface area contributed by atoms with E-state index in [-0.39, 0.29) is 16.2 Å². The first-order valence-corrected chi connectivity index (χ1v) is 7.38. The van der Waals surface area contributed by atoms with Crippen LogP contribution in [0.3, 0.4) is 0 Å². The average Bonchev–Trinajstić information content (AvgIpc) is 2.31. The number of rotatable bonds is 3. The molecule has 1 aliphatic heterocycles. The Hall–Kier alpha value is -0.810. The summed E-state index contributed by atoms with van der Waals surface area (Å²) >= 11 is 0. The Bertz CT molecular complexity index is 478. The van der Waals surface area contributed by atoms with Crippen LogP contribution in [0.4, 0.5) is 8.78 Å². The molecule has 3 unspecified atom stereocenters. The summed E-state index contributed by atoms with van der Waals surface area (Å²) in [7, 11) is -1.39. The molecule has 1 aromatic carbocycles. The molecular formula is C13H17F2NOS. The topological polar surface area (TPSA) is 29.1 Å². The first kappa shape index (κ1) is 13.6. The van der Waals surface area contributed by atoms with Crippen molar-refractivity contribution >= 4 is 10.8 Å². The van der Waals surface area contributed by atoms with Crippen molar-refractivity contribution in [3.05, 3.63) is 29.3 Å². The summed E-state index contributed by atoms with van der Waals surface area (Å²) in [5, 5.41) is 3.15. The highest BCUT2D eigenvalue weighted by atomic mass is 32.2. The molecule has 2 rings (SSSR count). The molecular weight excluding hydrogens is 256 g/mol. The number of halogens is 2. The number of benzene rings is 1. The maximum atomic E-state index is 13.8. The van der Waals surface area contributed by atoms with Gasteiger partial charge in [0.25, 0.3) is 0 Å². The van der Waals surface area contributed by atoms with E-state index < -0.39 is 22.4 Å². The molecule has 1 aliphatic rings. The summed E-state index contributed by atoms with van der Waals surface area (Å²) in [6, 6.07) is 2.00. The van der Waals surface area contributed by atoms with Gasteiger partial charge in [0.2, 0.25) is 0 Å². The zero-order valence-electron chi connectivity index (χ0n) is 10.5. The van der Waals surface area contributed by atoms with Crippen molar-refractivity contribution in [2.24, 2.45) is 0 Å². The third kappa shape index (κ3) is 2.47. The van der Waals surface area contributed by atoms with Crippen molar-refractivity contribution < 1.29 is 13.0 Å². The SMILES string of the molecule is CCCNC1CC(C)S(=O)c2c(F)cc(F)cc21. The fraction of sp³-hybridized carbons (Fsp3) is 0.538. The molecule has 100 valence electrons. The van der Waals surface area contributed by atoms with E-state index in [4.69, 9.17) is 0 Å². The van der Waals surface area contributed by atoms with Crippen molar-refractivity contribution in [1.29, 1.82) is 0 Å². The smallest absolute Gasteiger partial charge is 0.142 e. The van der Waals surface area contributed by atoms with E-state index in [9.17, 15) is 13.0 Å². The van der Waals surface area contributed by atoms with E-state index in [1.165, 1.54) is 6.07 Å². The number of hydrogen-bond donors (Lipinski definition) is 1. The maximum Gasteiger partial charge on any atom is 0.142 e. The van der Waals surface area contributed by atoms with E-state index in [0.717, 1.165) is 19.0 Å². The minimum absolute atomic E-state index is 0.113. The van der Waals surface area contributed by atoms with Crippen LogP contribution in [-0.4, -0.2) is 16.0 Å². The summed E-state index contributed by atoms with van der Waals surface area (Å²) in [5.74, 6) is -1.31. The molecule has 0 saturated heterocycles. The number of hydrogen-bond acceptors (Lipinski definition) is 2. The van der Waals surface area contributed by atoms with Gasteiger partial charge in [-0.25, -0.2) is 8.78 Å². The second-order valence-corrected chi connectivity index (χ2v) is 6.46. The van der Waals surface area contributed by atoms with Crippen LogP contribution in [0, 0.1) is 11.6 Å². The minimum atomic E-state index is -1.39. The molecule has 3 atom stereocenters. The van der Waals surface area contributed by atoms with E-state index in [0.29, 0.717) is 12.0 Å². The van der Waals surface area contributed by atoms with Gasteiger partial charge in [0.05, 0.1) is 15.7 Å². The lowest BCUT2D eigenvalue weighted by atomic mass is 10.0. The molecule has 0 fully saturated rings. The molecule has 0 bridgehead atoms. The molecule has 0 spiro atoms. The Morgan fingerprint density at radius 2 is 2.17 bits per heavy atom. The predicted octanol–water partition coefficient (Wildman–Crippen LogP) is 2.91. The zero-order valence-corrected chi connectivity index (χ0v) is 11.3. The Kier molecular flexibility index (Phi) is 4.12. The third-order valence-corrected chi connectivity index (χ3v) is 4.94. The van der Waals surface area contributed by atoms with Crippen LogP contribution in [-0.2, 0) is 10.8 Å². The Labute approximate surface area is 108 Å². The highest BCUT2D eigenvalue weighted by Gasteiger charge is 2.32. The van der Waals surface area contributed by atoms with Gasteiger partial charge in [-0.2, -0.15) is 0 Å². The van der Waals surface area contributed by atoms with Gasteiger partial charge in [0.1, 0.15) is 11.6 Å². The van der Waals surface area contributed by atoms with Crippen LogP contribution in [0.15, 0.2) is 17.0 Å². The van der Waals surface area contributed by atoms with E-state index in [2.05, 4.69) is 5.32 Å². The van der Waals surface area contributed by atoms with Crippen LogP contribution in [0.2, 0.25) is 0 Å². The quantitative estimate of drug-likeness (QED) is 0.917. The fourth-order valence-corrected chi connectivity index (χ4v) is 3.76. The summed E-state index contributed by atoms with van der Waals surface area (Å²) < 4.78 is 39.2. The van der Waals surface area contributed by atoms with Gasteiger partial charge >= 0.3 is 0 Å². The van der Waals surface area contributed by atoms with Gasteiger partial charge in [-0.15, -0.1) is 0 Å². The zero-order chi connectivity index (χ0) is 13.3. The van der Waals surface area contributed by atoms with Gasteiger partial charge in [0, 0.05) is 17.4 Å². The molecule has 1 N–H and O–H groups in total. The second kappa shape index (κ2) is 5.45. The maximum absolute atomic E-state index is 13.8. The molecule has 0 saturated carbocycles. The predicted molar refractivity (Wildman–Crippen MR) is 67.9 cm³/mol. The van der Waals surface area contributed by atoms with Gasteiger partial charge in [-0.05, 0) is 31.0 Å². The highest BCUT2D eigenvalue weighted by molar-refractivity contribution is 7.85. The summed E-state index contributed by atoms with van der Waals surface area (Å²) in [6.07, 6.45) is 1.59. The first-order chi connectivity index (χ1) is 8.54. The van der Waals surface area contributed by atoms with Crippen LogP contribution < -0.4 is 5.32 Å². The van der Waals surface area contributed by atoms with Gasteiger partial charge in [-0.3, -0.25) is 4.21 Å². The largest absolute Gasteiger partial charge is 0.310 e. The van der Waals surface area contributed by atoms with Crippen molar-refractivity contribution in [3.63, 3.8) is 0 Å². The Morgan fingerprint density at radius 3 is 2.83 bits per heavy atom. The van der Waals surface area contributed by atoms with Gasteiger partial charge in [0.15, 0.2) is 0 Å². The molecule has 1 aromatic rings. The van der Waals surface area contributed by atoms with Crippen LogP contribution in [0.25, 0.3) is 0 Å². The fourth-order valence-electron chi connectivity index (χ4n) is 2.31. The van der Waals surface area contributed by atoms with Crippen molar-refractivity contribution in [2.45, 2.75) is 42.9 Å². The van der Waals surface area contributed by atoms with E-state index in [1.54, 1.807) is 0 Å². The lowest BCUT2D eigenvalue weighted by Crippen LogP contribution is -2.33. The minimum Gasteiger partial charge on any atom is -0.310 e. The van der Waals surface area contributed by atoms with Crippen molar-refractivity contribution in [3.8, 4) is 0 Å². The molecule has 0 radical (unpaired) electrons. The van der Waals surface area contributed by atoms with Crippen LogP contribution in [0.5, 0.6) is 0 Å². The van der Waals surface area contributed by atoms with Gasteiger partial charge < -0.3 is 5.32 Å². The van der Waals surface area contributed by atoms with Crippen LogP contribution >= 0.6 is 0 Å². The molecule has 0 amide bonds. The molecule has 0 aromatic heterocycles. The molecule has 2 nitrogen and oxygen atoms in total. The van der Waals surface area contributed by atoms with E-state index >= 15 is 0 Å². The normalized spacial score (nSPS) is 27.0. The standard InChI is InChI=1S/C13H17F2NOS/c1-3-4-16-12-5-8(2)18(17)13-10(12)6-9(14)7-11(13)15/h6-8,12,16H,3-5H2,1-2H3. The summed E-state index contributed by atoms with van der Waals surface area (Å²) in [5.41, 5.74) is 0.511. The molecule has 1 heterocycles. The van der Waals surface area contributed by atoms with E-state index in [1.807, 2.05) is 13.8 Å². The Balaban J connectivity index is 2.45. The van der Waals surface area contributed by atoms with Crippen molar-refractivity contribution in [2.75, 3.05) is 6.54 Å². The molecule has 18 heavy (non-hydrogen) atoms. The molecule has 5 heteroatoms. The highest BCUT2D eigenvalue weighted by Crippen LogP contribution is 2.35. The summed E-state index contributed by atoms with van der Waals surface area (Å²) in [4.78, 5) is 0.170. The van der Waals surface area contributed by atoms with Crippen LogP contribution in [0.1, 0.15) is 38.3 Å². The van der Waals surface area contributed by atoms with Crippen molar-refractivity contribution in [1.82, 2.24) is 5.32 Å². The second-order valence-electron chi connectivity index (χ2n) is 4.66. The monoisotopic (exact) mass is 273 g/mol. The number of fused-ring (bicyclic) bond motifs is 1. The lowest BCUT2D eigenvalue weighted by Gasteiger charge is -2.30. The Morgan fingerprint density at radius 1 is 1.44 bits per heavy atom. The molecule has 0 aliphatic carbocycles. The first-order valence-electron chi connectivity index (χ1n) is 6.17. The summed E-state index contributed by atoms with van der Waals surface area (Å²) in [6.45, 7) is 4.65. The number of nitrogens with one attached hydrogen (secondary N) is 1. The third-order valence-electron chi connectivity index (χ3n) is 3.19.